The van der Waals surface area contributed by atoms with Crippen LogP contribution < -0.4 is 5.32 Å². The van der Waals surface area contributed by atoms with Gasteiger partial charge >= 0.3 is 6.18 Å². The lowest BCUT2D eigenvalue weighted by atomic mass is 9.99. The SMILES string of the molecule is CCNC(CCCC(F)(F)F)c1cccc(C)c1I. The number of hydrogen-bond acceptors (Lipinski definition) is 1. The lowest BCUT2D eigenvalue weighted by molar-refractivity contribution is -0.135. The van der Waals surface area contributed by atoms with Crippen LogP contribution in [0.25, 0.3) is 0 Å². The largest absolute Gasteiger partial charge is 0.389 e. The van der Waals surface area contributed by atoms with Gasteiger partial charge in [-0.3, -0.25) is 0 Å². The molecule has 0 saturated carbocycles. The molecule has 0 spiro atoms. The molecule has 0 heterocycles. The number of aryl methyl sites for hydroxylation is 1. The molecule has 0 aliphatic carbocycles. The molecule has 19 heavy (non-hydrogen) atoms. The summed E-state index contributed by atoms with van der Waals surface area (Å²) in [7, 11) is 0. The van der Waals surface area contributed by atoms with Crippen LogP contribution in [-0.4, -0.2) is 12.7 Å². The molecule has 0 aliphatic heterocycles. The quantitative estimate of drug-likeness (QED) is 0.681. The molecule has 1 unspecified atom stereocenters. The highest BCUT2D eigenvalue weighted by atomic mass is 127. The van der Waals surface area contributed by atoms with Crippen LogP contribution in [0.3, 0.4) is 0 Å². The maximum absolute atomic E-state index is 12.2. The second kappa shape index (κ2) is 7.47. The lowest BCUT2D eigenvalue weighted by Gasteiger charge is -2.21. The molecule has 5 heteroatoms. The van der Waals surface area contributed by atoms with Crippen LogP contribution >= 0.6 is 22.6 Å². The van der Waals surface area contributed by atoms with Gasteiger partial charge in [0.25, 0.3) is 0 Å². The van der Waals surface area contributed by atoms with E-state index in [-0.39, 0.29) is 12.5 Å². The first-order chi connectivity index (χ1) is 8.85. The minimum Gasteiger partial charge on any atom is -0.310 e. The van der Waals surface area contributed by atoms with Crippen molar-refractivity contribution in [3.8, 4) is 0 Å². The van der Waals surface area contributed by atoms with E-state index in [0.29, 0.717) is 6.42 Å². The van der Waals surface area contributed by atoms with E-state index in [1.807, 2.05) is 32.0 Å². The summed E-state index contributed by atoms with van der Waals surface area (Å²) in [4.78, 5) is 0. The molecule has 0 aromatic heterocycles. The molecule has 0 fully saturated rings. The zero-order valence-corrected chi connectivity index (χ0v) is 13.3. The minimum atomic E-state index is -4.06. The fourth-order valence-corrected chi connectivity index (χ4v) is 2.80. The van der Waals surface area contributed by atoms with Gasteiger partial charge in [0.05, 0.1) is 0 Å². The Hall–Kier alpha value is -0.300. The van der Waals surface area contributed by atoms with E-state index in [0.717, 1.165) is 21.2 Å². The van der Waals surface area contributed by atoms with Crippen LogP contribution in [0.4, 0.5) is 13.2 Å². The second-order valence-electron chi connectivity index (χ2n) is 4.60. The predicted octanol–water partition coefficient (Wildman–Crippen LogP) is 4.98. The van der Waals surface area contributed by atoms with Crippen LogP contribution in [-0.2, 0) is 0 Å². The summed E-state index contributed by atoms with van der Waals surface area (Å²) >= 11 is 2.27. The van der Waals surface area contributed by atoms with Gasteiger partial charge in [0, 0.05) is 16.0 Å². The highest BCUT2D eigenvalue weighted by Gasteiger charge is 2.27. The van der Waals surface area contributed by atoms with Crippen LogP contribution in [0.2, 0.25) is 0 Å². The van der Waals surface area contributed by atoms with Crippen molar-refractivity contribution in [1.29, 1.82) is 0 Å². The molecule has 0 amide bonds. The van der Waals surface area contributed by atoms with Gasteiger partial charge in [0.15, 0.2) is 0 Å². The lowest BCUT2D eigenvalue weighted by Crippen LogP contribution is -2.22. The Morgan fingerprint density at radius 1 is 1.32 bits per heavy atom. The first kappa shape index (κ1) is 16.8. The minimum absolute atomic E-state index is 0.000787. The Labute approximate surface area is 126 Å². The van der Waals surface area contributed by atoms with Gasteiger partial charge in [-0.25, -0.2) is 0 Å². The van der Waals surface area contributed by atoms with Crippen LogP contribution in [0, 0.1) is 10.5 Å². The number of halogens is 4. The van der Waals surface area contributed by atoms with Crippen molar-refractivity contribution in [2.45, 2.75) is 45.3 Å². The van der Waals surface area contributed by atoms with Crippen molar-refractivity contribution in [1.82, 2.24) is 5.32 Å². The molecular weight excluding hydrogens is 366 g/mol. The third kappa shape index (κ3) is 5.69. The Kier molecular flexibility index (Phi) is 6.59. The van der Waals surface area contributed by atoms with Crippen LogP contribution in [0.15, 0.2) is 18.2 Å². The molecule has 0 saturated heterocycles. The number of alkyl halides is 3. The van der Waals surface area contributed by atoms with E-state index in [4.69, 9.17) is 0 Å². The molecule has 1 N–H and O–H groups in total. The summed E-state index contributed by atoms with van der Waals surface area (Å²) in [6.07, 6.45) is -4.11. The van der Waals surface area contributed by atoms with Crippen molar-refractivity contribution in [3.05, 3.63) is 32.9 Å². The normalized spacial score (nSPS) is 13.6. The maximum atomic E-state index is 12.2. The molecular formula is C14H19F3IN. The van der Waals surface area contributed by atoms with E-state index < -0.39 is 12.6 Å². The summed E-state index contributed by atoms with van der Waals surface area (Å²) in [5.74, 6) is 0. The standard InChI is InChI=1S/C14H19F3IN/c1-3-19-12(8-5-9-14(15,16)17)11-7-4-6-10(2)13(11)18/h4,6-7,12,19H,3,5,8-9H2,1-2H3. The molecule has 1 aromatic carbocycles. The molecule has 1 atom stereocenters. The molecule has 1 rings (SSSR count). The molecule has 0 bridgehead atoms. The third-order valence-electron chi connectivity index (χ3n) is 3.00. The third-order valence-corrected chi connectivity index (χ3v) is 4.47. The highest BCUT2D eigenvalue weighted by Crippen LogP contribution is 2.29. The Morgan fingerprint density at radius 2 is 2.00 bits per heavy atom. The van der Waals surface area contributed by atoms with Gasteiger partial charge < -0.3 is 5.32 Å². The summed E-state index contributed by atoms with van der Waals surface area (Å²) < 4.78 is 37.8. The zero-order chi connectivity index (χ0) is 14.5. The van der Waals surface area contributed by atoms with E-state index >= 15 is 0 Å². The molecule has 0 radical (unpaired) electrons. The molecule has 1 nitrogen and oxygen atoms in total. The van der Waals surface area contributed by atoms with Gasteiger partial charge in [-0.05, 0) is 60.0 Å². The van der Waals surface area contributed by atoms with Gasteiger partial charge in [-0.1, -0.05) is 25.1 Å². The highest BCUT2D eigenvalue weighted by molar-refractivity contribution is 14.1. The van der Waals surface area contributed by atoms with Gasteiger partial charge in [0.1, 0.15) is 0 Å². The first-order valence-corrected chi connectivity index (χ1v) is 7.48. The molecule has 1 aromatic rings. The van der Waals surface area contributed by atoms with Gasteiger partial charge in [0.2, 0.25) is 0 Å². The summed E-state index contributed by atoms with van der Waals surface area (Å²) in [6.45, 7) is 4.74. The summed E-state index contributed by atoms with van der Waals surface area (Å²) in [5.41, 5.74) is 2.27. The average Bonchev–Trinajstić information content (AvgIpc) is 2.30. The fourth-order valence-electron chi connectivity index (χ4n) is 2.06. The van der Waals surface area contributed by atoms with Gasteiger partial charge in [-0.15, -0.1) is 0 Å². The number of nitrogens with one attached hydrogen (secondary N) is 1. The fraction of sp³-hybridized carbons (Fsp3) is 0.571. The smallest absolute Gasteiger partial charge is 0.310 e. The molecule has 108 valence electrons. The Bertz CT molecular complexity index is 404. The van der Waals surface area contributed by atoms with Crippen molar-refractivity contribution in [2.24, 2.45) is 0 Å². The monoisotopic (exact) mass is 385 g/mol. The Morgan fingerprint density at radius 3 is 2.58 bits per heavy atom. The molecule has 0 aliphatic rings. The zero-order valence-electron chi connectivity index (χ0n) is 11.1. The number of benzene rings is 1. The van der Waals surface area contributed by atoms with Crippen molar-refractivity contribution in [2.75, 3.05) is 6.54 Å². The van der Waals surface area contributed by atoms with Crippen LogP contribution in [0.5, 0.6) is 0 Å². The number of hydrogen-bond donors (Lipinski definition) is 1. The van der Waals surface area contributed by atoms with Crippen LogP contribution in [0.1, 0.15) is 43.4 Å². The topological polar surface area (TPSA) is 12.0 Å². The van der Waals surface area contributed by atoms with E-state index in [1.165, 1.54) is 0 Å². The second-order valence-corrected chi connectivity index (χ2v) is 5.67. The van der Waals surface area contributed by atoms with E-state index in [9.17, 15) is 13.2 Å². The van der Waals surface area contributed by atoms with E-state index in [1.54, 1.807) is 0 Å². The average molecular weight is 385 g/mol. The predicted molar refractivity (Wildman–Crippen MR) is 80.2 cm³/mol. The van der Waals surface area contributed by atoms with Crippen molar-refractivity contribution >= 4 is 22.6 Å². The van der Waals surface area contributed by atoms with Crippen molar-refractivity contribution < 1.29 is 13.2 Å². The number of rotatable bonds is 6. The van der Waals surface area contributed by atoms with Crippen molar-refractivity contribution in [3.63, 3.8) is 0 Å². The summed E-state index contributed by atoms with van der Waals surface area (Å²) in [5, 5.41) is 3.28. The maximum Gasteiger partial charge on any atom is 0.389 e. The Balaban J connectivity index is 2.74. The van der Waals surface area contributed by atoms with Gasteiger partial charge in [-0.2, -0.15) is 13.2 Å². The van der Waals surface area contributed by atoms with E-state index in [2.05, 4.69) is 27.9 Å². The summed E-state index contributed by atoms with van der Waals surface area (Å²) in [6, 6.07) is 5.97. The first-order valence-electron chi connectivity index (χ1n) is 6.40.